The summed E-state index contributed by atoms with van der Waals surface area (Å²) in [5.41, 5.74) is 0.931. The van der Waals surface area contributed by atoms with Crippen molar-refractivity contribution in [2.75, 3.05) is 25.0 Å². The Labute approximate surface area is 126 Å². The van der Waals surface area contributed by atoms with Crippen LogP contribution in [0.3, 0.4) is 0 Å². The number of likely N-dealkylation sites (tertiary alicyclic amines) is 1. The summed E-state index contributed by atoms with van der Waals surface area (Å²) >= 11 is 0. The summed E-state index contributed by atoms with van der Waals surface area (Å²) in [6, 6.07) is 0. The molecule has 0 radical (unpaired) electrons. The number of amides is 1. The number of nitrogens with one attached hydrogen (secondary N) is 1. The SMILES string of the molecule is CC(C)(C)C1CCN(C(=O)c2cn3c(n2)NCCC3)CC1. The van der Waals surface area contributed by atoms with Crippen LogP contribution in [0.2, 0.25) is 0 Å². The zero-order valence-corrected chi connectivity index (χ0v) is 13.4. The molecule has 1 N–H and O–H groups in total. The number of rotatable bonds is 1. The lowest BCUT2D eigenvalue weighted by molar-refractivity contribution is 0.0603. The molecular formula is C16H26N4O. The summed E-state index contributed by atoms with van der Waals surface area (Å²) in [5.74, 6) is 1.64. The second kappa shape index (κ2) is 5.35. The Morgan fingerprint density at radius 1 is 1.29 bits per heavy atom. The molecule has 0 aliphatic carbocycles. The summed E-state index contributed by atoms with van der Waals surface area (Å²) in [7, 11) is 0. The van der Waals surface area contributed by atoms with E-state index in [-0.39, 0.29) is 5.91 Å². The molecule has 0 saturated carbocycles. The minimum atomic E-state index is 0.0889. The molecule has 2 aliphatic rings. The molecule has 0 unspecified atom stereocenters. The van der Waals surface area contributed by atoms with E-state index in [9.17, 15) is 4.79 Å². The highest BCUT2D eigenvalue weighted by Crippen LogP contribution is 2.34. The predicted molar refractivity (Wildman–Crippen MR) is 83.4 cm³/mol. The van der Waals surface area contributed by atoms with Crippen molar-refractivity contribution in [3.8, 4) is 0 Å². The average molecular weight is 290 g/mol. The van der Waals surface area contributed by atoms with Crippen molar-refractivity contribution >= 4 is 11.9 Å². The zero-order valence-electron chi connectivity index (χ0n) is 13.4. The fourth-order valence-electron chi connectivity index (χ4n) is 3.39. The minimum Gasteiger partial charge on any atom is -0.356 e. The van der Waals surface area contributed by atoms with Gasteiger partial charge >= 0.3 is 0 Å². The van der Waals surface area contributed by atoms with Crippen molar-refractivity contribution in [3.05, 3.63) is 11.9 Å². The Kier molecular flexibility index (Phi) is 3.68. The van der Waals surface area contributed by atoms with Crippen LogP contribution in [0.4, 0.5) is 5.95 Å². The standard InChI is InChI=1S/C16H26N4O/c1-16(2,3)12-5-9-19(10-6-12)14(21)13-11-20-8-4-7-17-15(20)18-13/h11-12H,4-10H2,1-3H3,(H,17,18). The molecule has 5 nitrogen and oxygen atoms in total. The third kappa shape index (κ3) is 2.92. The van der Waals surface area contributed by atoms with Crippen LogP contribution in [-0.2, 0) is 6.54 Å². The van der Waals surface area contributed by atoms with E-state index in [1.54, 1.807) is 0 Å². The molecule has 1 aromatic heterocycles. The van der Waals surface area contributed by atoms with Gasteiger partial charge < -0.3 is 14.8 Å². The maximum atomic E-state index is 12.6. The fourth-order valence-corrected chi connectivity index (χ4v) is 3.39. The van der Waals surface area contributed by atoms with Gasteiger partial charge in [-0.15, -0.1) is 0 Å². The first-order valence-electron chi connectivity index (χ1n) is 8.05. The van der Waals surface area contributed by atoms with Gasteiger partial charge in [-0.1, -0.05) is 20.8 Å². The third-order valence-corrected chi connectivity index (χ3v) is 4.86. The van der Waals surface area contributed by atoms with Crippen molar-refractivity contribution in [1.82, 2.24) is 14.5 Å². The van der Waals surface area contributed by atoms with Crippen molar-refractivity contribution in [2.24, 2.45) is 11.3 Å². The Morgan fingerprint density at radius 2 is 2.00 bits per heavy atom. The molecule has 3 rings (SSSR count). The lowest BCUT2D eigenvalue weighted by Crippen LogP contribution is -2.41. The Bertz CT molecular complexity index is 497. The van der Waals surface area contributed by atoms with Crippen LogP contribution in [-0.4, -0.2) is 40.0 Å². The van der Waals surface area contributed by atoms with E-state index in [0.29, 0.717) is 17.0 Å². The first kappa shape index (κ1) is 14.4. The molecule has 1 fully saturated rings. The van der Waals surface area contributed by atoms with Gasteiger partial charge in [0.2, 0.25) is 5.95 Å². The fraction of sp³-hybridized carbons (Fsp3) is 0.750. The van der Waals surface area contributed by atoms with Crippen LogP contribution in [0.15, 0.2) is 6.20 Å². The van der Waals surface area contributed by atoms with Crippen LogP contribution in [0, 0.1) is 11.3 Å². The highest BCUT2D eigenvalue weighted by Gasteiger charge is 2.31. The molecule has 0 aromatic carbocycles. The van der Waals surface area contributed by atoms with E-state index in [4.69, 9.17) is 0 Å². The van der Waals surface area contributed by atoms with E-state index in [2.05, 4.69) is 35.6 Å². The molecule has 3 heterocycles. The average Bonchev–Trinajstić information content (AvgIpc) is 2.89. The number of hydrogen-bond acceptors (Lipinski definition) is 3. The lowest BCUT2D eigenvalue weighted by atomic mass is 9.75. The Balaban J connectivity index is 1.65. The van der Waals surface area contributed by atoms with Crippen LogP contribution < -0.4 is 5.32 Å². The number of imidazole rings is 1. The van der Waals surface area contributed by atoms with Crippen LogP contribution >= 0.6 is 0 Å². The van der Waals surface area contributed by atoms with E-state index < -0.39 is 0 Å². The van der Waals surface area contributed by atoms with Gasteiger partial charge in [-0.05, 0) is 30.6 Å². The van der Waals surface area contributed by atoms with Gasteiger partial charge in [-0.25, -0.2) is 4.98 Å². The number of piperidine rings is 1. The smallest absolute Gasteiger partial charge is 0.274 e. The number of fused-ring (bicyclic) bond motifs is 1. The molecule has 0 spiro atoms. The summed E-state index contributed by atoms with van der Waals surface area (Å²) in [6.07, 6.45) is 5.19. The number of aromatic nitrogens is 2. The van der Waals surface area contributed by atoms with Gasteiger partial charge in [0.05, 0.1) is 0 Å². The second-order valence-corrected chi connectivity index (χ2v) is 7.36. The van der Waals surface area contributed by atoms with Crippen molar-refractivity contribution in [2.45, 2.75) is 46.6 Å². The maximum Gasteiger partial charge on any atom is 0.274 e. The van der Waals surface area contributed by atoms with E-state index >= 15 is 0 Å². The van der Waals surface area contributed by atoms with Gasteiger partial charge in [0.15, 0.2) is 0 Å². The summed E-state index contributed by atoms with van der Waals surface area (Å²) < 4.78 is 2.05. The molecule has 0 atom stereocenters. The van der Waals surface area contributed by atoms with E-state index in [0.717, 1.165) is 51.4 Å². The largest absolute Gasteiger partial charge is 0.356 e. The number of aryl methyl sites for hydroxylation is 1. The topological polar surface area (TPSA) is 50.2 Å². The molecule has 5 heteroatoms. The van der Waals surface area contributed by atoms with Crippen molar-refractivity contribution < 1.29 is 4.79 Å². The number of carbonyl (C=O) groups is 1. The zero-order chi connectivity index (χ0) is 15.0. The Hall–Kier alpha value is -1.52. The molecule has 1 saturated heterocycles. The highest BCUT2D eigenvalue weighted by molar-refractivity contribution is 5.92. The van der Waals surface area contributed by atoms with Crippen LogP contribution in [0.1, 0.15) is 50.5 Å². The summed E-state index contributed by atoms with van der Waals surface area (Å²) in [4.78, 5) is 19.0. The molecule has 1 aromatic rings. The second-order valence-electron chi connectivity index (χ2n) is 7.36. The van der Waals surface area contributed by atoms with E-state index in [1.807, 2.05) is 11.1 Å². The number of hydrogen-bond donors (Lipinski definition) is 1. The van der Waals surface area contributed by atoms with Gasteiger partial charge in [-0.2, -0.15) is 0 Å². The van der Waals surface area contributed by atoms with Crippen molar-refractivity contribution in [3.63, 3.8) is 0 Å². The molecular weight excluding hydrogens is 264 g/mol. The predicted octanol–water partition coefficient (Wildman–Crippen LogP) is 2.60. The minimum absolute atomic E-state index is 0.0889. The van der Waals surface area contributed by atoms with Gasteiger partial charge in [-0.3, -0.25) is 4.79 Å². The summed E-state index contributed by atoms with van der Waals surface area (Å²) in [5, 5.41) is 3.25. The number of carbonyl (C=O) groups excluding carboxylic acids is 1. The maximum absolute atomic E-state index is 12.6. The normalized spacial score (nSPS) is 20.0. The number of anilines is 1. The Morgan fingerprint density at radius 3 is 2.62 bits per heavy atom. The molecule has 21 heavy (non-hydrogen) atoms. The molecule has 2 aliphatic heterocycles. The highest BCUT2D eigenvalue weighted by atomic mass is 16.2. The van der Waals surface area contributed by atoms with E-state index in [1.165, 1.54) is 0 Å². The molecule has 0 bridgehead atoms. The van der Waals surface area contributed by atoms with Gasteiger partial charge in [0, 0.05) is 32.4 Å². The van der Waals surface area contributed by atoms with Crippen molar-refractivity contribution in [1.29, 1.82) is 0 Å². The van der Waals surface area contributed by atoms with Gasteiger partial charge in [0.1, 0.15) is 5.69 Å². The molecule has 116 valence electrons. The number of nitrogens with zero attached hydrogens (tertiary/aromatic N) is 3. The summed E-state index contributed by atoms with van der Waals surface area (Å²) in [6.45, 7) is 10.5. The van der Waals surface area contributed by atoms with Crippen LogP contribution in [0.25, 0.3) is 0 Å². The van der Waals surface area contributed by atoms with Gasteiger partial charge in [0.25, 0.3) is 5.91 Å². The first-order chi connectivity index (χ1) is 9.95. The third-order valence-electron chi connectivity index (χ3n) is 4.86. The van der Waals surface area contributed by atoms with Crippen LogP contribution in [0.5, 0.6) is 0 Å². The first-order valence-corrected chi connectivity index (χ1v) is 8.05. The lowest BCUT2D eigenvalue weighted by Gasteiger charge is -2.38. The monoisotopic (exact) mass is 290 g/mol. The molecule has 1 amide bonds. The quantitative estimate of drug-likeness (QED) is 0.865.